The average Bonchev–Trinajstić information content (AvgIpc) is 3.33. The molecule has 0 aliphatic carbocycles. The molecule has 0 unspecified atom stereocenters. The van der Waals surface area contributed by atoms with Crippen LogP contribution >= 0.6 is 0 Å². The van der Waals surface area contributed by atoms with Gasteiger partial charge < -0.3 is 14.4 Å². The van der Waals surface area contributed by atoms with E-state index in [-0.39, 0.29) is 25.9 Å². The Kier molecular flexibility index (Phi) is 8.70. The summed E-state index contributed by atoms with van der Waals surface area (Å²) in [5.74, 6) is -1.04. The maximum absolute atomic E-state index is 14.2. The van der Waals surface area contributed by atoms with Crippen molar-refractivity contribution in [3.05, 3.63) is 115 Å². The number of rotatable bonds is 4. The molecule has 0 aliphatic heterocycles. The predicted octanol–water partition coefficient (Wildman–Crippen LogP) is 8.80. The van der Waals surface area contributed by atoms with Gasteiger partial charge in [0.15, 0.2) is 0 Å². The second-order valence-corrected chi connectivity index (χ2v) is 15.8. The molecule has 3 aromatic carbocycles. The predicted molar refractivity (Wildman–Crippen MR) is 161 cm³/mol. The maximum atomic E-state index is 14.2. The summed E-state index contributed by atoms with van der Waals surface area (Å²) in [7, 11) is -1.23. The summed E-state index contributed by atoms with van der Waals surface area (Å²) in [5.41, 5.74) is 5.31. The fraction of sp³-hybridized carbons (Fsp3) is 0.176. The van der Waals surface area contributed by atoms with E-state index < -0.39 is 14.0 Å². The quantitative estimate of drug-likeness (QED) is 0.135. The van der Waals surface area contributed by atoms with E-state index in [1.165, 1.54) is 11.3 Å². The number of fused-ring (bicyclic) bond motifs is 3. The number of furan rings is 1. The fourth-order valence-corrected chi connectivity index (χ4v) is 5.40. The van der Waals surface area contributed by atoms with E-state index in [1.54, 1.807) is 30.5 Å². The third-order valence-corrected chi connectivity index (χ3v) is 8.64. The smallest absolute Gasteiger partial charge is 0.133 e. The van der Waals surface area contributed by atoms with Crippen molar-refractivity contribution in [1.29, 1.82) is 0 Å². The Morgan fingerprint density at radius 2 is 1.73 bits per heavy atom. The van der Waals surface area contributed by atoms with Gasteiger partial charge in [-0.25, -0.2) is 4.39 Å². The first-order valence-electron chi connectivity index (χ1n) is 13.4. The van der Waals surface area contributed by atoms with Crippen molar-refractivity contribution in [2.24, 2.45) is 0 Å². The largest absolute Gasteiger partial charge is 0.500 e. The van der Waals surface area contributed by atoms with Gasteiger partial charge in [0.25, 0.3) is 0 Å². The molecule has 6 heteroatoms. The molecule has 3 nitrogen and oxygen atoms in total. The molecule has 0 amide bonds. The zero-order valence-corrected chi connectivity index (χ0v) is 26.6. The summed E-state index contributed by atoms with van der Waals surface area (Å²) in [6.45, 7) is 10.6. The SMILES string of the molecule is C[Si](C)(C)c1ccc(-c2[c-]cccc2)nc1.[2H]C(C)(C)c1ccnc(-c2[c-]ccc3c2oc2cccc(F)c23)c1.[Ir]. The second kappa shape index (κ2) is 12.4. The molecule has 0 N–H and O–H groups in total. The molecule has 1 radical (unpaired) electrons. The van der Waals surface area contributed by atoms with Crippen LogP contribution in [0.3, 0.4) is 0 Å². The summed E-state index contributed by atoms with van der Waals surface area (Å²) in [6, 6.07) is 30.6. The van der Waals surface area contributed by atoms with Gasteiger partial charge in [-0.05, 0) is 40.7 Å². The number of pyridine rings is 2. The van der Waals surface area contributed by atoms with Crippen LogP contribution in [-0.2, 0) is 20.1 Å². The molecule has 3 heterocycles. The summed E-state index contributed by atoms with van der Waals surface area (Å²) < 4.78 is 28.3. The minimum atomic E-state index is -1.23. The van der Waals surface area contributed by atoms with Crippen molar-refractivity contribution in [3.63, 3.8) is 0 Å². The first kappa shape index (κ1) is 28.1. The molecular weight excluding hydrogens is 692 g/mol. The molecule has 6 aromatic rings. The van der Waals surface area contributed by atoms with E-state index in [4.69, 9.17) is 5.79 Å². The Bertz CT molecular complexity index is 1780. The van der Waals surface area contributed by atoms with Crippen LogP contribution < -0.4 is 5.19 Å². The monoisotopic (exact) mass is 724 g/mol. The van der Waals surface area contributed by atoms with Crippen LogP contribution in [0.1, 0.15) is 26.7 Å². The van der Waals surface area contributed by atoms with E-state index in [1.807, 2.05) is 56.4 Å². The van der Waals surface area contributed by atoms with E-state index in [0.717, 1.165) is 16.8 Å². The molecule has 0 saturated heterocycles. The molecule has 205 valence electrons. The molecule has 0 spiro atoms. The minimum absolute atomic E-state index is 0. The fourth-order valence-electron chi connectivity index (χ4n) is 4.37. The van der Waals surface area contributed by atoms with Gasteiger partial charge in [0, 0.05) is 39.3 Å². The Morgan fingerprint density at radius 3 is 2.40 bits per heavy atom. The van der Waals surface area contributed by atoms with Gasteiger partial charge in [-0.2, -0.15) is 0 Å². The number of hydrogen-bond donors (Lipinski definition) is 0. The van der Waals surface area contributed by atoms with Crippen molar-refractivity contribution in [2.45, 2.75) is 39.4 Å². The van der Waals surface area contributed by atoms with Crippen molar-refractivity contribution < 1.29 is 30.3 Å². The molecule has 0 fully saturated rings. The number of nitrogens with zero attached hydrogens (tertiary/aromatic N) is 2. The van der Waals surface area contributed by atoms with E-state index in [2.05, 4.69) is 53.9 Å². The Morgan fingerprint density at radius 1 is 0.900 bits per heavy atom. The number of benzene rings is 3. The molecule has 6 rings (SSSR count). The van der Waals surface area contributed by atoms with Gasteiger partial charge in [-0.1, -0.05) is 74.3 Å². The van der Waals surface area contributed by atoms with E-state index >= 15 is 0 Å². The molecule has 40 heavy (non-hydrogen) atoms. The van der Waals surface area contributed by atoms with Crippen molar-refractivity contribution >= 4 is 35.2 Å². The van der Waals surface area contributed by atoms with Gasteiger partial charge in [-0.3, -0.25) is 0 Å². The first-order valence-corrected chi connectivity index (χ1v) is 16.4. The van der Waals surface area contributed by atoms with Crippen molar-refractivity contribution in [2.75, 3.05) is 0 Å². The third-order valence-electron chi connectivity index (χ3n) is 6.61. The molecule has 0 aliphatic rings. The van der Waals surface area contributed by atoms with Gasteiger partial charge in [-0.15, -0.1) is 54.1 Å². The molecule has 0 atom stereocenters. The normalized spacial score (nSPS) is 11.9. The van der Waals surface area contributed by atoms with E-state index in [0.29, 0.717) is 33.2 Å². The maximum Gasteiger partial charge on any atom is 0.133 e. The Labute approximate surface area is 251 Å². The molecule has 0 saturated carbocycles. The van der Waals surface area contributed by atoms with Crippen molar-refractivity contribution in [3.8, 4) is 22.5 Å². The Hall–Kier alpha value is -3.44. The second-order valence-electron chi connectivity index (χ2n) is 10.7. The molecular formula is C34H31FIrN2OSi-2. The van der Waals surface area contributed by atoms with Crippen LogP contribution in [0.2, 0.25) is 19.6 Å². The van der Waals surface area contributed by atoms with Crippen LogP contribution in [0.5, 0.6) is 0 Å². The summed E-state index contributed by atoms with van der Waals surface area (Å²) >= 11 is 0. The van der Waals surface area contributed by atoms with Gasteiger partial charge in [0.05, 0.1) is 13.7 Å². The van der Waals surface area contributed by atoms with Crippen LogP contribution in [0, 0.1) is 17.9 Å². The zero-order valence-electron chi connectivity index (χ0n) is 24.2. The van der Waals surface area contributed by atoms with Gasteiger partial charge in [0.1, 0.15) is 11.4 Å². The van der Waals surface area contributed by atoms with Crippen LogP contribution in [0.25, 0.3) is 44.5 Å². The molecule has 3 aromatic heterocycles. The topological polar surface area (TPSA) is 38.9 Å². The average molecular weight is 724 g/mol. The van der Waals surface area contributed by atoms with Crippen LogP contribution in [0.4, 0.5) is 4.39 Å². The number of aromatic nitrogens is 2. The summed E-state index contributed by atoms with van der Waals surface area (Å²) in [5, 5.41) is 2.57. The zero-order chi connectivity index (χ0) is 28.5. The van der Waals surface area contributed by atoms with Crippen LogP contribution in [-0.4, -0.2) is 18.0 Å². The van der Waals surface area contributed by atoms with Crippen LogP contribution in [0.15, 0.2) is 95.7 Å². The van der Waals surface area contributed by atoms with E-state index in [9.17, 15) is 4.39 Å². The summed E-state index contributed by atoms with van der Waals surface area (Å²) in [6.07, 6.45) is 3.69. The third kappa shape index (κ3) is 6.31. The molecule has 0 bridgehead atoms. The minimum Gasteiger partial charge on any atom is -0.500 e. The number of hydrogen-bond acceptors (Lipinski definition) is 3. The van der Waals surface area contributed by atoms with Crippen molar-refractivity contribution in [1.82, 2.24) is 9.97 Å². The number of halogens is 1. The summed E-state index contributed by atoms with van der Waals surface area (Å²) in [4.78, 5) is 8.92. The van der Waals surface area contributed by atoms with Gasteiger partial charge in [0.2, 0.25) is 0 Å². The first-order chi connectivity index (χ1) is 19.0. The van der Waals surface area contributed by atoms with Gasteiger partial charge >= 0.3 is 0 Å². The Balaban J connectivity index is 0.000000200. The standard InChI is InChI=1S/C20H15FNO.C14H16NSi.Ir/c1-12(2)13-9-10-22-17(11-13)14-5-3-6-15-19-16(21)7-4-8-18(19)23-20(14)15;1-16(2,3)13-9-10-14(15-11-13)12-7-5-4-6-8-12;/h3-4,6-12H,1-2H3;4-7,9-11H,1-3H3;/q2*-1;/i12D;;.